The lowest BCUT2D eigenvalue weighted by molar-refractivity contribution is -0.122. The molecule has 190 valence electrons. The number of benzene rings is 2. The zero-order valence-electron chi connectivity index (χ0n) is 21.5. The van der Waals surface area contributed by atoms with Gasteiger partial charge in [-0.3, -0.25) is 14.5 Å². The number of anilines is 1. The molecule has 0 saturated heterocycles. The monoisotopic (exact) mass is 508 g/mol. The predicted molar refractivity (Wildman–Crippen MR) is 143 cm³/mol. The number of aryl methyl sites for hydroxylation is 1. The van der Waals surface area contributed by atoms with E-state index >= 15 is 0 Å². The van der Waals surface area contributed by atoms with E-state index in [9.17, 15) is 14.0 Å². The summed E-state index contributed by atoms with van der Waals surface area (Å²) in [5, 5.41) is 7.75. The van der Waals surface area contributed by atoms with Crippen LogP contribution in [0.5, 0.6) is 0 Å². The molecule has 1 unspecified atom stereocenters. The normalized spacial score (nSPS) is 16.0. The summed E-state index contributed by atoms with van der Waals surface area (Å²) >= 11 is 1.56. The highest BCUT2D eigenvalue weighted by Crippen LogP contribution is 2.49. The molecular weight excluding hydrogens is 475 g/mol. The van der Waals surface area contributed by atoms with Gasteiger partial charge in [0.05, 0.1) is 22.4 Å². The number of thioether (sulfide) groups is 1. The molecule has 0 spiro atoms. The van der Waals surface area contributed by atoms with Crippen molar-refractivity contribution in [3.63, 3.8) is 0 Å². The van der Waals surface area contributed by atoms with Gasteiger partial charge in [0.25, 0.3) is 0 Å². The largest absolute Gasteiger partial charge is 0.355 e. The quantitative estimate of drug-likeness (QED) is 0.490. The van der Waals surface area contributed by atoms with Gasteiger partial charge in [-0.15, -0.1) is 11.8 Å². The number of rotatable bonds is 6. The van der Waals surface area contributed by atoms with Gasteiger partial charge in [-0.1, -0.05) is 52.0 Å². The third-order valence-corrected chi connectivity index (χ3v) is 7.45. The second kappa shape index (κ2) is 10.5. The molecule has 2 aromatic carbocycles. The van der Waals surface area contributed by atoms with E-state index in [-0.39, 0.29) is 40.6 Å². The second-order valence-electron chi connectivity index (χ2n) is 10.1. The van der Waals surface area contributed by atoms with Gasteiger partial charge < -0.3 is 5.32 Å². The van der Waals surface area contributed by atoms with Gasteiger partial charge in [0, 0.05) is 17.5 Å². The Hall–Kier alpha value is -3.13. The number of hydrogen-bond donors (Lipinski definition) is 1. The van der Waals surface area contributed by atoms with Crippen molar-refractivity contribution in [2.24, 2.45) is 0 Å². The van der Waals surface area contributed by atoms with Crippen LogP contribution < -0.4 is 10.2 Å². The Morgan fingerprint density at radius 3 is 2.50 bits per heavy atom. The van der Waals surface area contributed by atoms with Crippen molar-refractivity contribution >= 4 is 29.4 Å². The van der Waals surface area contributed by atoms with Crippen molar-refractivity contribution in [2.45, 2.75) is 51.7 Å². The van der Waals surface area contributed by atoms with Crippen molar-refractivity contribution in [2.75, 3.05) is 23.7 Å². The third-order valence-electron chi connectivity index (χ3n) is 6.22. The van der Waals surface area contributed by atoms with E-state index in [1.54, 1.807) is 33.5 Å². The zero-order valence-corrected chi connectivity index (χ0v) is 22.3. The van der Waals surface area contributed by atoms with Gasteiger partial charge in [-0.2, -0.15) is 5.10 Å². The minimum Gasteiger partial charge on any atom is -0.355 e. The molecular formula is C28H33FN4O2S. The number of carbonyl (C=O) groups excluding carboxylic acids is 2. The van der Waals surface area contributed by atoms with Crippen LogP contribution >= 0.6 is 11.8 Å². The fourth-order valence-corrected chi connectivity index (χ4v) is 5.72. The van der Waals surface area contributed by atoms with Crippen molar-refractivity contribution in [1.29, 1.82) is 0 Å². The number of carbonyl (C=O) groups is 2. The number of hydrogen-bond acceptors (Lipinski definition) is 4. The molecule has 1 N–H and O–H groups in total. The lowest BCUT2D eigenvalue weighted by Gasteiger charge is -2.25. The van der Waals surface area contributed by atoms with E-state index in [4.69, 9.17) is 5.10 Å². The van der Waals surface area contributed by atoms with Crippen molar-refractivity contribution < 1.29 is 14.0 Å². The molecule has 2 amide bonds. The molecule has 1 aliphatic rings. The summed E-state index contributed by atoms with van der Waals surface area (Å²) in [6, 6.07) is 14.2. The SMILES string of the molecule is CCCNC(=O)CN1C(=O)CSC(c2ccccc2C)c2c(C(C)(C)C)nn(-c3ccc(F)cc3)c21. The van der Waals surface area contributed by atoms with Crippen LogP contribution in [0.1, 0.15) is 61.7 Å². The van der Waals surface area contributed by atoms with Crippen LogP contribution in [0.2, 0.25) is 0 Å². The number of aromatic nitrogens is 2. The molecule has 0 radical (unpaired) electrons. The first kappa shape index (κ1) is 25.9. The molecule has 0 bridgehead atoms. The Labute approximate surface area is 216 Å². The van der Waals surface area contributed by atoms with Crippen LogP contribution in [0.4, 0.5) is 10.2 Å². The van der Waals surface area contributed by atoms with E-state index < -0.39 is 0 Å². The molecule has 0 fully saturated rings. The molecule has 1 aliphatic heterocycles. The fraction of sp³-hybridized carbons (Fsp3) is 0.393. The number of fused-ring (bicyclic) bond motifs is 1. The maximum Gasteiger partial charge on any atom is 0.240 e. The van der Waals surface area contributed by atoms with Gasteiger partial charge >= 0.3 is 0 Å². The van der Waals surface area contributed by atoms with E-state index in [0.29, 0.717) is 18.1 Å². The molecule has 36 heavy (non-hydrogen) atoms. The van der Waals surface area contributed by atoms with Crippen LogP contribution in [-0.4, -0.2) is 40.4 Å². The highest BCUT2D eigenvalue weighted by Gasteiger charge is 2.40. The summed E-state index contributed by atoms with van der Waals surface area (Å²) in [4.78, 5) is 28.0. The van der Waals surface area contributed by atoms with Gasteiger partial charge in [0.15, 0.2) is 0 Å². The van der Waals surface area contributed by atoms with Gasteiger partial charge in [-0.25, -0.2) is 9.07 Å². The Kier molecular flexibility index (Phi) is 7.54. The first-order chi connectivity index (χ1) is 17.1. The van der Waals surface area contributed by atoms with Crippen LogP contribution in [0, 0.1) is 12.7 Å². The maximum absolute atomic E-state index is 13.8. The summed E-state index contributed by atoms with van der Waals surface area (Å²) in [6.45, 7) is 10.8. The summed E-state index contributed by atoms with van der Waals surface area (Å²) in [5.74, 6) is 0.0592. The smallest absolute Gasteiger partial charge is 0.240 e. The predicted octanol–water partition coefficient (Wildman–Crippen LogP) is 5.31. The lowest BCUT2D eigenvalue weighted by atomic mass is 9.86. The van der Waals surface area contributed by atoms with E-state index in [0.717, 1.165) is 28.8 Å². The minimum atomic E-state index is -0.353. The first-order valence-corrected chi connectivity index (χ1v) is 13.3. The van der Waals surface area contributed by atoms with Crippen molar-refractivity contribution in [1.82, 2.24) is 15.1 Å². The summed E-state index contributed by atoms with van der Waals surface area (Å²) in [5.41, 5.74) is 4.28. The Balaban J connectivity index is 2.00. The lowest BCUT2D eigenvalue weighted by Crippen LogP contribution is -2.42. The van der Waals surface area contributed by atoms with E-state index in [1.165, 1.54) is 12.1 Å². The molecule has 1 atom stereocenters. The van der Waals surface area contributed by atoms with E-state index in [2.05, 4.69) is 45.1 Å². The average Bonchev–Trinajstić information content (AvgIpc) is 3.17. The number of amides is 2. The number of nitrogens with one attached hydrogen (secondary N) is 1. The molecule has 0 saturated carbocycles. The van der Waals surface area contributed by atoms with E-state index in [1.807, 2.05) is 19.1 Å². The fourth-order valence-electron chi connectivity index (χ4n) is 4.43. The van der Waals surface area contributed by atoms with Gasteiger partial charge in [0.2, 0.25) is 11.8 Å². The zero-order chi connectivity index (χ0) is 26.0. The second-order valence-corrected chi connectivity index (χ2v) is 11.2. The topological polar surface area (TPSA) is 67.2 Å². The third kappa shape index (κ3) is 5.19. The number of halogens is 1. The Bertz CT molecular complexity index is 1260. The Morgan fingerprint density at radius 1 is 1.17 bits per heavy atom. The molecule has 8 heteroatoms. The van der Waals surface area contributed by atoms with Crippen LogP contribution in [-0.2, 0) is 15.0 Å². The van der Waals surface area contributed by atoms with Crippen molar-refractivity contribution in [3.8, 4) is 5.69 Å². The highest BCUT2D eigenvalue weighted by atomic mass is 32.2. The Morgan fingerprint density at radius 2 is 1.86 bits per heavy atom. The van der Waals surface area contributed by atoms with Gasteiger partial charge in [-0.05, 0) is 48.7 Å². The highest BCUT2D eigenvalue weighted by molar-refractivity contribution is 8.00. The standard InChI is InChI=1S/C28H33FN4O2S/c1-6-15-30-22(34)16-32-23(35)17-36-25(21-10-8-7-9-18(21)2)24-26(28(3,4)5)31-33(27(24)32)20-13-11-19(29)12-14-20/h7-14,25H,6,15-17H2,1-5H3,(H,30,34). The summed E-state index contributed by atoms with van der Waals surface area (Å²) < 4.78 is 15.5. The minimum absolute atomic E-state index is 0.108. The molecule has 4 rings (SSSR count). The first-order valence-electron chi connectivity index (χ1n) is 12.2. The molecule has 1 aromatic heterocycles. The molecule has 6 nitrogen and oxygen atoms in total. The van der Waals surface area contributed by atoms with Crippen molar-refractivity contribution in [3.05, 3.63) is 76.7 Å². The molecule has 3 aromatic rings. The summed E-state index contributed by atoms with van der Waals surface area (Å²) in [7, 11) is 0. The van der Waals surface area contributed by atoms with Crippen LogP contribution in [0.15, 0.2) is 48.5 Å². The molecule has 2 heterocycles. The van der Waals surface area contributed by atoms with Crippen LogP contribution in [0.3, 0.4) is 0 Å². The summed E-state index contributed by atoms with van der Waals surface area (Å²) in [6.07, 6.45) is 0.803. The number of nitrogens with zero attached hydrogens (tertiary/aromatic N) is 3. The average molecular weight is 509 g/mol. The van der Waals surface area contributed by atoms with Crippen LogP contribution in [0.25, 0.3) is 5.69 Å². The van der Waals surface area contributed by atoms with Gasteiger partial charge in [0.1, 0.15) is 18.2 Å². The molecule has 0 aliphatic carbocycles. The maximum atomic E-state index is 13.8.